The molecule has 4 nitrogen and oxygen atoms in total. The first-order valence-electron chi connectivity index (χ1n) is 9.36. The van der Waals surface area contributed by atoms with Crippen molar-refractivity contribution in [2.75, 3.05) is 5.32 Å². The highest BCUT2D eigenvalue weighted by molar-refractivity contribution is 7.99. The third kappa shape index (κ3) is 3.78. The van der Waals surface area contributed by atoms with Crippen LogP contribution in [0, 0.1) is 0 Å². The lowest BCUT2D eigenvalue weighted by Gasteiger charge is -2.12. The molecule has 0 saturated carbocycles. The summed E-state index contributed by atoms with van der Waals surface area (Å²) in [4.78, 5) is 14.1. The number of carbonyl (C=O) groups is 1. The number of aromatic nitrogens is 2. The van der Waals surface area contributed by atoms with Crippen LogP contribution >= 0.6 is 11.8 Å². The number of fused-ring (bicyclic) bond motifs is 1. The summed E-state index contributed by atoms with van der Waals surface area (Å²) in [6.45, 7) is 4.30. The fourth-order valence-corrected chi connectivity index (χ4v) is 4.34. The molecule has 2 aromatic carbocycles. The molecule has 0 fully saturated rings. The summed E-state index contributed by atoms with van der Waals surface area (Å²) in [5.41, 5.74) is 3.90. The molecule has 0 saturated heterocycles. The van der Waals surface area contributed by atoms with E-state index in [-0.39, 0.29) is 5.91 Å². The van der Waals surface area contributed by atoms with E-state index in [1.165, 1.54) is 5.56 Å². The molecule has 1 aliphatic carbocycles. The summed E-state index contributed by atoms with van der Waals surface area (Å²) in [6.07, 6.45) is 3.02. The Morgan fingerprint density at radius 3 is 2.70 bits per heavy atom. The average Bonchev–Trinajstić information content (AvgIpc) is 3.25. The lowest BCUT2D eigenvalue weighted by molar-refractivity contribution is 0.102. The van der Waals surface area contributed by atoms with Crippen LogP contribution in [-0.4, -0.2) is 20.9 Å². The third-order valence-electron chi connectivity index (χ3n) is 4.61. The van der Waals surface area contributed by atoms with Gasteiger partial charge in [0.2, 0.25) is 0 Å². The number of aryl methyl sites for hydroxylation is 1. The zero-order chi connectivity index (χ0) is 18.8. The van der Waals surface area contributed by atoms with Crippen LogP contribution in [-0.2, 0) is 12.8 Å². The first-order valence-corrected chi connectivity index (χ1v) is 10.2. The molecule has 1 aliphatic rings. The minimum atomic E-state index is -0.0898. The number of rotatable bonds is 5. The number of carbonyl (C=O) groups excluding carboxylic acids is 1. The average molecular weight is 378 g/mol. The van der Waals surface area contributed by atoms with E-state index < -0.39 is 0 Å². The second kappa shape index (κ2) is 7.61. The van der Waals surface area contributed by atoms with Gasteiger partial charge in [-0.1, -0.05) is 38.1 Å². The summed E-state index contributed by atoms with van der Waals surface area (Å²) in [5, 5.41) is 8.38. The number of anilines is 1. The lowest BCUT2D eigenvalue weighted by atomic mass is 10.2. The van der Waals surface area contributed by atoms with Crippen LogP contribution in [0.25, 0.3) is 5.69 Å². The molecule has 27 heavy (non-hydrogen) atoms. The van der Waals surface area contributed by atoms with Gasteiger partial charge in [-0.05, 0) is 49.6 Å². The Balaban J connectivity index is 1.66. The highest BCUT2D eigenvalue weighted by atomic mass is 32.2. The Morgan fingerprint density at radius 2 is 1.93 bits per heavy atom. The Morgan fingerprint density at radius 1 is 1.11 bits per heavy atom. The van der Waals surface area contributed by atoms with Crippen LogP contribution < -0.4 is 5.32 Å². The second-order valence-electron chi connectivity index (χ2n) is 7.02. The molecule has 1 amide bonds. The lowest BCUT2D eigenvalue weighted by Crippen LogP contribution is -2.16. The Bertz CT molecular complexity index is 963. The minimum absolute atomic E-state index is 0.0898. The molecule has 3 aromatic rings. The molecule has 138 valence electrons. The van der Waals surface area contributed by atoms with Gasteiger partial charge in [0.25, 0.3) is 5.91 Å². The predicted octanol–water partition coefficient (Wildman–Crippen LogP) is 5.11. The topological polar surface area (TPSA) is 46.9 Å². The molecule has 4 rings (SSSR count). The fourth-order valence-electron chi connectivity index (χ4n) is 3.44. The molecule has 1 aromatic heterocycles. The molecule has 5 heteroatoms. The van der Waals surface area contributed by atoms with Crippen molar-refractivity contribution >= 4 is 23.5 Å². The van der Waals surface area contributed by atoms with Gasteiger partial charge >= 0.3 is 0 Å². The first-order chi connectivity index (χ1) is 13.1. The van der Waals surface area contributed by atoms with Gasteiger partial charge in [0.15, 0.2) is 0 Å². The largest absolute Gasteiger partial charge is 0.306 e. The monoisotopic (exact) mass is 377 g/mol. The number of thioether (sulfide) groups is 1. The number of nitrogens with one attached hydrogen (secondary N) is 1. The van der Waals surface area contributed by atoms with Gasteiger partial charge in [-0.25, -0.2) is 4.68 Å². The smallest absolute Gasteiger partial charge is 0.256 e. The van der Waals surface area contributed by atoms with E-state index in [1.807, 2.05) is 59.3 Å². The zero-order valence-electron chi connectivity index (χ0n) is 15.6. The fraction of sp³-hybridized carbons (Fsp3) is 0.273. The number of nitrogens with zero attached hydrogens (tertiary/aromatic N) is 2. The SMILES string of the molecule is CC(C)Sc1cccc(C(=O)Nc2c3c(nn2-c2ccccc2)CCC3)c1. The number of hydrogen-bond acceptors (Lipinski definition) is 3. The van der Waals surface area contributed by atoms with Crippen molar-refractivity contribution in [1.29, 1.82) is 0 Å². The van der Waals surface area contributed by atoms with Gasteiger partial charge < -0.3 is 5.32 Å². The Hall–Kier alpha value is -2.53. The quantitative estimate of drug-likeness (QED) is 0.628. The molecule has 0 unspecified atom stereocenters. The van der Waals surface area contributed by atoms with Gasteiger partial charge in [-0.15, -0.1) is 11.8 Å². The number of amides is 1. The summed E-state index contributed by atoms with van der Waals surface area (Å²) in [5.74, 6) is 0.716. The molecule has 0 bridgehead atoms. The van der Waals surface area contributed by atoms with Crippen LogP contribution in [0.2, 0.25) is 0 Å². The van der Waals surface area contributed by atoms with Crippen LogP contribution in [0.4, 0.5) is 5.82 Å². The number of benzene rings is 2. The molecule has 1 heterocycles. The van der Waals surface area contributed by atoms with E-state index in [9.17, 15) is 4.79 Å². The Kier molecular flexibility index (Phi) is 5.03. The van der Waals surface area contributed by atoms with Crippen molar-refractivity contribution in [2.45, 2.75) is 43.3 Å². The molecule has 0 aliphatic heterocycles. The Labute approximate surface area is 164 Å². The molecule has 1 N–H and O–H groups in total. The maximum atomic E-state index is 13.0. The molecule has 0 atom stereocenters. The van der Waals surface area contributed by atoms with Gasteiger partial charge in [-0.3, -0.25) is 4.79 Å². The van der Waals surface area contributed by atoms with Crippen LogP contribution in [0.1, 0.15) is 41.9 Å². The van der Waals surface area contributed by atoms with E-state index in [2.05, 4.69) is 19.2 Å². The summed E-state index contributed by atoms with van der Waals surface area (Å²) in [6, 6.07) is 17.8. The van der Waals surface area contributed by atoms with E-state index in [1.54, 1.807) is 11.8 Å². The van der Waals surface area contributed by atoms with Crippen molar-refractivity contribution in [2.24, 2.45) is 0 Å². The highest BCUT2D eigenvalue weighted by Crippen LogP contribution is 2.31. The normalized spacial score (nSPS) is 13.0. The van der Waals surface area contributed by atoms with E-state index in [4.69, 9.17) is 5.10 Å². The van der Waals surface area contributed by atoms with Crippen molar-refractivity contribution in [3.05, 3.63) is 71.4 Å². The predicted molar refractivity (Wildman–Crippen MR) is 111 cm³/mol. The summed E-state index contributed by atoms with van der Waals surface area (Å²) in [7, 11) is 0. The van der Waals surface area contributed by atoms with Gasteiger partial charge in [0.05, 0.1) is 11.4 Å². The number of para-hydroxylation sites is 1. The summed E-state index contributed by atoms with van der Waals surface area (Å²) >= 11 is 1.76. The summed E-state index contributed by atoms with van der Waals surface area (Å²) < 4.78 is 1.87. The zero-order valence-corrected chi connectivity index (χ0v) is 16.4. The van der Waals surface area contributed by atoms with Crippen LogP contribution in [0.15, 0.2) is 59.5 Å². The maximum absolute atomic E-state index is 13.0. The van der Waals surface area contributed by atoms with Gasteiger partial charge in [0, 0.05) is 21.3 Å². The molecule has 0 radical (unpaired) electrons. The maximum Gasteiger partial charge on any atom is 0.256 e. The molecule has 0 spiro atoms. The number of hydrogen-bond donors (Lipinski definition) is 1. The highest BCUT2D eigenvalue weighted by Gasteiger charge is 2.24. The van der Waals surface area contributed by atoms with Gasteiger partial charge in [-0.2, -0.15) is 5.10 Å². The van der Waals surface area contributed by atoms with Crippen LogP contribution in [0.5, 0.6) is 0 Å². The van der Waals surface area contributed by atoms with Crippen molar-refractivity contribution in [1.82, 2.24) is 9.78 Å². The van der Waals surface area contributed by atoms with E-state index in [0.717, 1.165) is 41.4 Å². The van der Waals surface area contributed by atoms with E-state index in [0.29, 0.717) is 10.8 Å². The minimum Gasteiger partial charge on any atom is -0.306 e. The molecular weight excluding hydrogens is 354 g/mol. The van der Waals surface area contributed by atoms with Crippen molar-refractivity contribution < 1.29 is 4.79 Å². The van der Waals surface area contributed by atoms with Gasteiger partial charge in [0.1, 0.15) is 5.82 Å². The second-order valence-corrected chi connectivity index (χ2v) is 8.67. The van der Waals surface area contributed by atoms with Crippen molar-refractivity contribution in [3.63, 3.8) is 0 Å². The van der Waals surface area contributed by atoms with Crippen LogP contribution in [0.3, 0.4) is 0 Å². The first kappa shape index (κ1) is 17.9. The van der Waals surface area contributed by atoms with E-state index >= 15 is 0 Å². The standard InChI is InChI=1S/C22H23N3OS/c1-15(2)27-18-11-6-8-16(14-18)22(26)23-21-19-12-7-13-20(19)24-25(21)17-9-4-3-5-10-17/h3-6,8-11,14-15H,7,12-13H2,1-2H3,(H,23,26). The molecular formula is C22H23N3OS. The third-order valence-corrected chi connectivity index (χ3v) is 5.61. The van der Waals surface area contributed by atoms with Crippen molar-refractivity contribution in [3.8, 4) is 5.69 Å².